The summed E-state index contributed by atoms with van der Waals surface area (Å²) in [7, 11) is 0. The van der Waals surface area contributed by atoms with Crippen LogP contribution in [0.2, 0.25) is 10.0 Å². The monoisotopic (exact) mass is 342 g/mol. The third-order valence-electron chi connectivity index (χ3n) is 2.97. The van der Waals surface area contributed by atoms with Gasteiger partial charge in [0.25, 0.3) is 0 Å². The van der Waals surface area contributed by atoms with Gasteiger partial charge in [-0.15, -0.1) is 5.10 Å². The van der Waals surface area contributed by atoms with Crippen LogP contribution < -0.4 is 9.47 Å². The van der Waals surface area contributed by atoms with Crippen LogP contribution in [-0.2, 0) is 0 Å². The molecule has 0 spiro atoms. The molecule has 118 valence electrons. The van der Waals surface area contributed by atoms with Crippen LogP contribution in [-0.4, -0.2) is 34.6 Å². The maximum absolute atomic E-state index is 9.89. The first-order chi connectivity index (χ1) is 10.5. The van der Waals surface area contributed by atoms with Gasteiger partial charge in [0, 0.05) is 6.07 Å². The van der Waals surface area contributed by atoms with Gasteiger partial charge < -0.3 is 14.6 Å². The van der Waals surface area contributed by atoms with Crippen LogP contribution in [0.15, 0.2) is 24.3 Å². The molecule has 0 amide bonds. The Morgan fingerprint density at radius 2 is 1.73 bits per heavy atom. The predicted octanol–water partition coefficient (Wildman–Crippen LogP) is 3.22. The topological polar surface area (TPSA) is 64.5 Å². The van der Waals surface area contributed by atoms with Crippen LogP contribution in [0.4, 0.5) is 0 Å². The third-order valence-corrected chi connectivity index (χ3v) is 3.57. The zero-order valence-electron chi connectivity index (χ0n) is 12.2. The van der Waals surface area contributed by atoms with Gasteiger partial charge in [-0.25, -0.2) is 0 Å². The molecular weight excluding hydrogens is 327 g/mol. The van der Waals surface area contributed by atoms with Crippen molar-refractivity contribution in [2.75, 3.05) is 13.2 Å². The van der Waals surface area contributed by atoms with E-state index in [1.54, 1.807) is 24.3 Å². The van der Waals surface area contributed by atoms with E-state index < -0.39 is 6.10 Å². The van der Waals surface area contributed by atoms with Crippen molar-refractivity contribution in [3.63, 3.8) is 0 Å². The van der Waals surface area contributed by atoms with E-state index in [0.717, 1.165) is 11.3 Å². The van der Waals surface area contributed by atoms with Gasteiger partial charge >= 0.3 is 0 Å². The van der Waals surface area contributed by atoms with Gasteiger partial charge in [-0.2, -0.15) is 5.10 Å². The number of aromatic nitrogens is 2. The van der Waals surface area contributed by atoms with Crippen LogP contribution in [0.25, 0.3) is 0 Å². The van der Waals surface area contributed by atoms with Gasteiger partial charge in [0.2, 0.25) is 5.88 Å². The summed E-state index contributed by atoms with van der Waals surface area (Å²) in [4.78, 5) is 0. The first-order valence-electron chi connectivity index (χ1n) is 6.66. The third kappa shape index (κ3) is 4.47. The Labute approximate surface area is 138 Å². The van der Waals surface area contributed by atoms with Crippen LogP contribution >= 0.6 is 23.2 Å². The largest absolute Gasteiger partial charge is 0.488 e. The highest BCUT2D eigenvalue weighted by molar-refractivity contribution is 6.37. The maximum Gasteiger partial charge on any atom is 0.233 e. The lowest BCUT2D eigenvalue weighted by molar-refractivity contribution is 0.0607. The van der Waals surface area contributed by atoms with E-state index in [1.165, 1.54) is 0 Å². The summed E-state index contributed by atoms with van der Waals surface area (Å²) in [5.74, 6) is 0.703. The van der Waals surface area contributed by atoms with Crippen LogP contribution in [0.3, 0.4) is 0 Å². The molecule has 5 nitrogen and oxygen atoms in total. The second-order valence-electron chi connectivity index (χ2n) is 4.78. The fourth-order valence-corrected chi connectivity index (χ4v) is 2.13. The number of rotatable bonds is 6. The van der Waals surface area contributed by atoms with Crippen molar-refractivity contribution < 1.29 is 14.6 Å². The highest BCUT2D eigenvalue weighted by Gasteiger charge is 2.12. The SMILES string of the molecule is Cc1cc(OCC(O)COc2c(Cl)cccc2Cl)nnc1C. The molecule has 0 radical (unpaired) electrons. The second kappa shape index (κ2) is 7.63. The minimum atomic E-state index is -0.851. The van der Waals surface area contributed by atoms with Crippen molar-refractivity contribution in [1.82, 2.24) is 10.2 Å². The number of halogens is 2. The van der Waals surface area contributed by atoms with Gasteiger partial charge in [0.05, 0.1) is 15.7 Å². The van der Waals surface area contributed by atoms with Crippen LogP contribution in [0.5, 0.6) is 11.6 Å². The van der Waals surface area contributed by atoms with Crippen molar-refractivity contribution in [1.29, 1.82) is 0 Å². The molecule has 1 N–H and O–H groups in total. The number of hydrogen-bond acceptors (Lipinski definition) is 5. The van der Waals surface area contributed by atoms with Gasteiger partial charge in [-0.05, 0) is 31.5 Å². The Hall–Kier alpha value is -1.56. The number of nitrogens with zero attached hydrogens (tertiary/aromatic N) is 2. The Morgan fingerprint density at radius 1 is 1.09 bits per heavy atom. The molecule has 0 bridgehead atoms. The van der Waals surface area contributed by atoms with Crippen LogP contribution in [0.1, 0.15) is 11.3 Å². The number of ether oxygens (including phenoxy) is 2. The molecule has 0 fully saturated rings. The molecule has 1 unspecified atom stereocenters. The van der Waals surface area contributed by atoms with Crippen molar-refractivity contribution in [2.24, 2.45) is 0 Å². The first-order valence-corrected chi connectivity index (χ1v) is 7.41. The molecule has 0 aliphatic rings. The number of hydrogen-bond donors (Lipinski definition) is 1. The molecule has 0 saturated heterocycles. The van der Waals surface area contributed by atoms with E-state index in [0.29, 0.717) is 21.7 Å². The molecule has 2 rings (SSSR count). The predicted molar refractivity (Wildman–Crippen MR) is 85.0 cm³/mol. The van der Waals surface area contributed by atoms with Crippen molar-refractivity contribution in [3.05, 3.63) is 45.6 Å². The van der Waals surface area contributed by atoms with E-state index in [4.69, 9.17) is 32.7 Å². The summed E-state index contributed by atoms with van der Waals surface area (Å²) in [6.07, 6.45) is -0.851. The first kappa shape index (κ1) is 16.8. The summed E-state index contributed by atoms with van der Waals surface area (Å²) in [6, 6.07) is 6.81. The molecule has 22 heavy (non-hydrogen) atoms. The Kier molecular flexibility index (Phi) is 5.83. The fraction of sp³-hybridized carbons (Fsp3) is 0.333. The van der Waals surface area contributed by atoms with E-state index in [2.05, 4.69) is 10.2 Å². The van der Waals surface area contributed by atoms with E-state index in [1.807, 2.05) is 13.8 Å². The van der Waals surface area contributed by atoms with Gasteiger partial charge in [0.1, 0.15) is 19.3 Å². The summed E-state index contributed by atoms with van der Waals surface area (Å²) in [5, 5.41) is 18.5. The quantitative estimate of drug-likeness (QED) is 0.873. The zero-order chi connectivity index (χ0) is 16.1. The molecule has 1 aromatic heterocycles. The summed E-state index contributed by atoms with van der Waals surface area (Å²) in [5.41, 5.74) is 1.81. The lowest BCUT2D eigenvalue weighted by Gasteiger charge is -2.14. The lowest BCUT2D eigenvalue weighted by Crippen LogP contribution is -2.25. The average Bonchev–Trinajstić information content (AvgIpc) is 2.48. The fourth-order valence-electron chi connectivity index (χ4n) is 1.62. The number of aliphatic hydroxyl groups excluding tert-OH is 1. The Morgan fingerprint density at radius 3 is 2.36 bits per heavy atom. The molecule has 0 aliphatic heterocycles. The summed E-state index contributed by atoms with van der Waals surface area (Å²) < 4.78 is 10.8. The number of aliphatic hydroxyl groups is 1. The molecule has 1 heterocycles. The molecule has 1 aromatic carbocycles. The van der Waals surface area contributed by atoms with Crippen molar-refractivity contribution >= 4 is 23.2 Å². The van der Waals surface area contributed by atoms with Crippen molar-refractivity contribution in [2.45, 2.75) is 20.0 Å². The van der Waals surface area contributed by atoms with Crippen LogP contribution in [0, 0.1) is 13.8 Å². The van der Waals surface area contributed by atoms with Crippen molar-refractivity contribution in [3.8, 4) is 11.6 Å². The number of benzene rings is 1. The molecule has 0 aliphatic carbocycles. The van der Waals surface area contributed by atoms with Gasteiger partial charge in [-0.1, -0.05) is 29.3 Å². The second-order valence-corrected chi connectivity index (χ2v) is 5.59. The van der Waals surface area contributed by atoms with Gasteiger partial charge in [-0.3, -0.25) is 0 Å². The number of para-hydroxylation sites is 1. The van der Waals surface area contributed by atoms with E-state index in [9.17, 15) is 5.11 Å². The molecule has 1 atom stereocenters. The van der Waals surface area contributed by atoms with Gasteiger partial charge in [0.15, 0.2) is 5.75 Å². The standard InChI is InChI=1S/C15H16Cl2N2O3/c1-9-6-14(19-18-10(9)2)21-7-11(20)8-22-15-12(16)4-3-5-13(15)17/h3-6,11,20H,7-8H2,1-2H3. The van der Waals surface area contributed by atoms with E-state index >= 15 is 0 Å². The highest BCUT2D eigenvalue weighted by atomic mass is 35.5. The Balaban J connectivity index is 1.85. The molecule has 0 saturated carbocycles. The normalized spacial score (nSPS) is 12.0. The highest BCUT2D eigenvalue weighted by Crippen LogP contribution is 2.32. The zero-order valence-corrected chi connectivity index (χ0v) is 13.7. The summed E-state index contributed by atoms with van der Waals surface area (Å²) in [6.45, 7) is 3.80. The summed E-state index contributed by atoms with van der Waals surface area (Å²) >= 11 is 12.0. The lowest BCUT2D eigenvalue weighted by atomic mass is 10.2. The average molecular weight is 343 g/mol. The minimum Gasteiger partial charge on any atom is -0.488 e. The molecular formula is C15H16Cl2N2O3. The smallest absolute Gasteiger partial charge is 0.233 e. The van der Waals surface area contributed by atoms with E-state index in [-0.39, 0.29) is 13.2 Å². The minimum absolute atomic E-state index is 0.00171. The molecule has 7 heteroatoms. The molecule has 2 aromatic rings. The number of aryl methyl sites for hydroxylation is 2. The maximum atomic E-state index is 9.89. The Bertz CT molecular complexity index is 632.